The van der Waals surface area contributed by atoms with Crippen molar-refractivity contribution in [2.45, 2.75) is 48.7 Å². The van der Waals surface area contributed by atoms with E-state index >= 15 is 0 Å². The second kappa shape index (κ2) is 9.98. The molecule has 0 amide bonds. The van der Waals surface area contributed by atoms with E-state index in [-0.39, 0.29) is 45.6 Å². The zero-order chi connectivity index (χ0) is 28.2. The van der Waals surface area contributed by atoms with Gasteiger partial charge >= 0.3 is 0 Å². The molecule has 0 spiro atoms. The van der Waals surface area contributed by atoms with Gasteiger partial charge in [0.25, 0.3) is 0 Å². The Morgan fingerprint density at radius 3 is 2.18 bits per heavy atom. The minimum Gasteiger partial charge on any atom is -0.496 e. The molecule has 14 heteroatoms. The fraction of sp³-hybridized carbons (Fsp3) is 0.480. The molecular formula is C25H28O14. The number of benzene rings is 2. The Bertz CT molecular complexity index is 1260. The maximum absolute atomic E-state index is 14.1. The number of rotatable bonds is 6. The van der Waals surface area contributed by atoms with Gasteiger partial charge in [-0.3, -0.25) is 4.79 Å². The van der Waals surface area contributed by atoms with Crippen LogP contribution in [0.15, 0.2) is 24.3 Å². The maximum Gasteiger partial charge on any atom is 0.238 e. The summed E-state index contributed by atoms with van der Waals surface area (Å²) in [5.74, 6) is -0.963. The van der Waals surface area contributed by atoms with Gasteiger partial charge in [0, 0.05) is 23.8 Å². The van der Waals surface area contributed by atoms with Crippen LogP contribution in [-0.2, 0) is 10.3 Å². The molecule has 6 N–H and O–H groups in total. The van der Waals surface area contributed by atoms with Crippen LogP contribution in [0.25, 0.3) is 0 Å². The van der Waals surface area contributed by atoms with E-state index in [1.807, 2.05) is 0 Å². The van der Waals surface area contributed by atoms with E-state index in [1.54, 1.807) is 0 Å². The summed E-state index contributed by atoms with van der Waals surface area (Å²) in [6.07, 6.45) is -11.5. The summed E-state index contributed by atoms with van der Waals surface area (Å²) in [4.78, 5) is 14.1. The summed E-state index contributed by atoms with van der Waals surface area (Å²) in [7, 11) is 4.06. The van der Waals surface area contributed by atoms with Crippen LogP contribution in [0, 0.1) is 0 Å². The van der Waals surface area contributed by atoms with Crippen LogP contribution >= 0.6 is 0 Å². The number of hydrogen-bond donors (Lipinski definition) is 6. The Balaban J connectivity index is 1.62. The van der Waals surface area contributed by atoms with Crippen molar-refractivity contribution < 1.29 is 68.6 Å². The van der Waals surface area contributed by atoms with Crippen molar-refractivity contribution >= 4 is 5.78 Å². The predicted octanol–water partition coefficient (Wildman–Crippen LogP) is -1.57. The second-order valence-electron chi connectivity index (χ2n) is 9.16. The molecule has 212 valence electrons. The molecule has 0 aromatic heterocycles. The summed E-state index contributed by atoms with van der Waals surface area (Å²) in [5.41, 5.74) is -2.90. The summed E-state index contributed by atoms with van der Waals surface area (Å²) >= 11 is 0. The highest BCUT2D eigenvalue weighted by molar-refractivity contribution is 6.09. The highest BCUT2D eigenvalue weighted by Gasteiger charge is 2.60. The van der Waals surface area contributed by atoms with Gasteiger partial charge in [0.05, 0.1) is 27.9 Å². The average molecular weight is 552 g/mol. The van der Waals surface area contributed by atoms with E-state index < -0.39 is 61.1 Å². The van der Waals surface area contributed by atoms with Gasteiger partial charge in [-0.25, -0.2) is 0 Å². The zero-order valence-electron chi connectivity index (χ0n) is 21.0. The molecule has 0 bridgehead atoms. The fourth-order valence-corrected chi connectivity index (χ4v) is 4.91. The first kappa shape index (κ1) is 27.2. The molecule has 3 aliphatic heterocycles. The highest BCUT2D eigenvalue weighted by atomic mass is 16.7. The topological polar surface area (TPSA) is 203 Å². The monoisotopic (exact) mass is 552 g/mol. The summed E-state index contributed by atoms with van der Waals surface area (Å²) < 4.78 is 38.4. The molecule has 3 heterocycles. The molecule has 39 heavy (non-hydrogen) atoms. The molecular weight excluding hydrogens is 524 g/mol. The van der Waals surface area contributed by atoms with Gasteiger partial charge in [0.1, 0.15) is 53.0 Å². The molecule has 14 nitrogen and oxygen atoms in total. The van der Waals surface area contributed by atoms with Crippen LogP contribution < -0.4 is 28.4 Å². The van der Waals surface area contributed by atoms with Crippen molar-refractivity contribution in [1.29, 1.82) is 0 Å². The van der Waals surface area contributed by atoms with E-state index in [2.05, 4.69) is 0 Å². The molecule has 0 saturated carbocycles. The van der Waals surface area contributed by atoms with Crippen LogP contribution in [0.5, 0.6) is 34.5 Å². The fourth-order valence-electron chi connectivity index (χ4n) is 4.91. The molecule has 2 aromatic rings. The van der Waals surface area contributed by atoms with Crippen molar-refractivity contribution in [1.82, 2.24) is 0 Å². The average Bonchev–Trinajstić information content (AvgIpc) is 2.93. The van der Waals surface area contributed by atoms with Gasteiger partial charge in [-0.2, -0.15) is 0 Å². The molecule has 1 fully saturated rings. The molecule has 0 unspecified atom stereocenters. The third kappa shape index (κ3) is 4.12. The molecule has 0 radical (unpaired) electrons. The van der Waals surface area contributed by atoms with Crippen LogP contribution in [0.1, 0.15) is 15.9 Å². The lowest BCUT2D eigenvalue weighted by Crippen LogP contribution is -2.62. The van der Waals surface area contributed by atoms with E-state index in [1.165, 1.54) is 45.6 Å². The van der Waals surface area contributed by atoms with Crippen LogP contribution in [0.3, 0.4) is 0 Å². The number of carbonyl (C=O) groups is 1. The Hall–Kier alpha value is -3.37. The summed E-state index contributed by atoms with van der Waals surface area (Å²) in [5, 5.41) is 62.9. The number of hydrogen-bond acceptors (Lipinski definition) is 14. The lowest BCUT2D eigenvalue weighted by Gasteiger charge is -2.45. The summed E-state index contributed by atoms with van der Waals surface area (Å²) in [6, 6.07) is 5.25. The van der Waals surface area contributed by atoms with Crippen molar-refractivity contribution in [3.8, 4) is 34.5 Å². The summed E-state index contributed by atoms with van der Waals surface area (Å²) in [6.45, 7) is -0.704. The van der Waals surface area contributed by atoms with E-state index in [0.29, 0.717) is 0 Å². The SMILES string of the molecule is COc1cc(O[C@@H]2O[C@H](CO)[C@@H](O)[C@H](O)[C@H]2O)c2c(c1)O[C@@H]1[C@H](O)Oc3cc(OC)c(OC)cc3[C@]1(O)C2=O. The molecule has 8 atom stereocenters. The standard InChI is InChI=1S/C25H28O14/c1-33-9-4-14-17(15(5-9)38-24-20(29)19(28)18(27)16(8-26)39-24)21(30)25(32)10-6-12(34-2)13(35-3)7-11(10)37-23(31)22(25)36-14/h4-7,16,18-20,22-24,26-29,31-32H,8H2,1-3H3/t16-,18-,19+,20-,22-,23-,24-,25+/m1/s1. The first-order valence-electron chi connectivity index (χ1n) is 11.8. The van der Waals surface area contributed by atoms with Crippen molar-refractivity contribution in [3.05, 3.63) is 35.4 Å². The van der Waals surface area contributed by atoms with Crippen LogP contribution in [-0.4, -0.2) is 107 Å². The number of aliphatic hydroxyl groups is 6. The molecule has 2 aromatic carbocycles. The largest absolute Gasteiger partial charge is 0.496 e. The first-order chi connectivity index (χ1) is 18.6. The van der Waals surface area contributed by atoms with Crippen molar-refractivity contribution in [3.63, 3.8) is 0 Å². The lowest BCUT2D eigenvalue weighted by atomic mass is 9.76. The highest BCUT2D eigenvalue weighted by Crippen LogP contribution is 2.52. The number of ketones is 1. The Kier molecular flexibility index (Phi) is 6.97. The van der Waals surface area contributed by atoms with E-state index in [0.717, 1.165) is 0 Å². The quantitative estimate of drug-likeness (QED) is 0.240. The molecule has 3 aliphatic rings. The third-order valence-corrected chi connectivity index (χ3v) is 7.01. The first-order valence-corrected chi connectivity index (χ1v) is 11.8. The number of methoxy groups -OCH3 is 3. The smallest absolute Gasteiger partial charge is 0.238 e. The van der Waals surface area contributed by atoms with E-state index in [9.17, 15) is 35.4 Å². The molecule has 0 aliphatic carbocycles. The van der Waals surface area contributed by atoms with Gasteiger partial charge in [-0.15, -0.1) is 0 Å². The predicted molar refractivity (Wildman–Crippen MR) is 126 cm³/mol. The lowest BCUT2D eigenvalue weighted by molar-refractivity contribution is -0.277. The van der Waals surface area contributed by atoms with E-state index in [4.69, 9.17) is 33.2 Å². The maximum atomic E-state index is 14.1. The third-order valence-electron chi connectivity index (χ3n) is 7.01. The number of ether oxygens (including phenoxy) is 7. The Morgan fingerprint density at radius 2 is 1.54 bits per heavy atom. The Labute approximate surface area is 221 Å². The van der Waals surface area contributed by atoms with Gasteiger partial charge < -0.3 is 63.8 Å². The normalized spacial score (nSPS) is 33.1. The van der Waals surface area contributed by atoms with Crippen LogP contribution in [0.4, 0.5) is 0 Å². The van der Waals surface area contributed by atoms with Gasteiger partial charge in [-0.05, 0) is 6.07 Å². The zero-order valence-corrected chi connectivity index (χ0v) is 21.0. The minimum absolute atomic E-state index is 0.0655. The van der Waals surface area contributed by atoms with Crippen molar-refractivity contribution in [2.75, 3.05) is 27.9 Å². The number of aliphatic hydroxyl groups excluding tert-OH is 5. The van der Waals surface area contributed by atoms with Gasteiger partial charge in [-0.1, -0.05) is 0 Å². The number of carbonyl (C=O) groups excluding carboxylic acids is 1. The van der Waals surface area contributed by atoms with Crippen molar-refractivity contribution in [2.24, 2.45) is 0 Å². The van der Waals surface area contributed by atoms with Crippen LogP contribution in [0.2, 0.25) is 0 Å². The second-order valence-corrected chi connectivity index (χ2v) is 9.16. The molecule has 1 saturated heterocycles. The molecule has 5 rings (SSSR count). The minimum atomic E-state index is -2.51. The van der Waals surface area contributed by atoms with Gasteiger partial charge in [0.15, 0.2) is 17.1 Å². The number of Topliss-reactive ketones (excluding diaryl/α,β-unsaturated/α-hetero) is 1. The Morgan fingerprint density at radius 1 is 0.846 bits per heavy atom. The number of fused-ring (bicyclic) bond motifs is 4. The van der Waals surface area contributed by atoms with Gasteiger partial charge in [0.2, 0.25) is 24.5 Å².